The molecule has 1 aromatic rings. The van der Waals surface area contributed by atoms with Gasteiger partial charge in [0.15, 0.2) is 0 Å². The SMILES string of the molecule is CC(C)(CC1=C(C(=O)O)N2C(=O)[C@H](CO)[C@H]2S1)NC(=O)OCc1ccc([N+](=O)[O-])cc1. The Morgan fingerprint density at radius 1 is 1.32 bits per heavy atom. The quantitative estimate of drug-likeness (QED) is 0.304. The number of aliphatic carboxylic acids is 1. The number of nitro benzene ring substituents is 1. The van der Waals surface area contributed by atoms with Gasteiger partial charge in [-0.1, -0.05) is 0 Å². The molecule has 0 radical (unpaired) electrons. The largest absolute Gasteiger partial charge is 0.477 e. The Bertz CT molecular complexity index is 959. The molecule has 1 fully saturated rings. The predicted octanol–water partition coefficient (Wildman–Crippen LogP) is 1.81. The molecule has 166 valence electrons. The number of aliphatic hydroxyl groups is 1. The summed E-state index contributed by atoms with van der Waals surface area (Å²) in [6.07, 6.45) is -0.596. The highest BCUT2D eigenvalue weighted by Gasteiger charge is 2.56. The second-order valence-electron chi connectivity index (χ2n) is 7.77. The number of hydrogen-bond donors (Lipinski definition) is 3. The standard InChI is InChI=1S/C19H21N3O8S/c1-19(2,20-18(27)30-9-10-3-5-11(6-4-10)22(28)29)7-13-14(17(25)26)21-15(24)12(8-23)16(21)31-13/h3-6,12,16,23H,7-9H2,1-2H3,(H,20,27)(H,25,26)/t12-,16+/m0/s1. The first-order valence-corrected chi connectivity index (χ1v) is 10.2. The highest BCUT2D eigenvalue weighted by atomic mass is 32.2. The molecule has 3 rings (SSSR count). The number of ether oxygens (including phenoxy) is 1. The number of nitrogens with zero attached hydrogens (tertiary/aromatic N) is 2. The summed E-state index contributed by atoms with van der Waals surface area (Å²) in [5.74, 6) is -2.31. The van der Waals surface area contributed by atoms with E-state index in [9.17, 15) is 34.7 Å². The normalized spacial score (nSPS) is 20.2. The van der Waals surface area contributed by atoms with Crippen LogP contribution in [0, 0.1) is 16.0 Å². The number of carboxylic acid groups (broad SMARTS) is 1. The molecule has 2 atom stereocenters. The summed E-state index contributed by atoms with van der Waals surface area (Å²) in [6.45, 7) is 2.92. The van der Waals surface area contributed by atoms with E-state index in [1.165, 1.54) is 40.9 Å². The summed E-state index contributed by atoms with van der Waals surface area (Å²) in [7, 11) is 0. The number of alkyl carbamates (subject to hydrolysis) is 1. The Hall–Kier alpha value is -3.12. The number of rotatable bonds is 8. The molecule has 0 spiro atoms. The number of nitro groups is 1. The summed E-state index contributed by atoms with van der Waals surface area (Å²) in [4.78, 5) is 47.7. The van der Waals surface area contributed by atoms with Crippen molar-refractivity contribution in [3.63, 3.8) is 0 Å². The minimum Gasteiger partial charge on any atom is -0.477 e. The molecule has 12 heteroatoms. The van der Waals surface area contributed by atoms with E-state index in [2.05, 4.69) is 5.32 Å². The van der Waals surface area contributed by atoms with E-state index in [0.29, 0.717) is 10.5 Å². The first kappa shape index (κ1) is 22.6. The molecule has 2 aliphatic rings. The van der Waals surface area contributed by atoms with Crippen LogP contribution in [-0.4, -0.2) is 55.5 Å². The minimum atomic E-state index is -1.24. The smallest absolute Gasteiger partial charge is 0.407 e. The lowest BCUT2D eigenvalue weighted by Gasteiger charge is -2.41. The lowest BCUT2D eigenvalue weighted by molar-refractivity contribution is -0.384. The lowest BCUT2D eigenvalue weighted by atomic mass is 9.96. The molecule has 2 aliphatic heterocycles. The maximum atomic E-state index is 12.2. The van der Waals surface area contributed by atoms with Crippen LogP contribution in [0.1, 0.15) is 25.8 Å². The summed E-state index contributed by atoms with van der Waals surface area (Å²) in [5.41, 5.74) is -0.520. The van der Waals surface area contributed by atoms with E-state index in [1.807, 2.05) is 0 Å². The maximum Gasteiger partial charge on any atom is 0.407 e. The molecule has 11 nitrogen and oxygen atoms in total. The number of aliphatic hydroxyl groups excluding tert-OH is 1. The first-order chi connectivity index (χ1) is 14.5. The van der Waals surface area contributed by atoms with Crippen LogP contribution in [0.15, 0.2) is 34.9 Å². The Kier molecular flexibility index (Phi) is 6.23. The molecule has 0 aliphatic carbocycles. The Morgan fingerprint density at radius 3 is 2.52 bits per heavy atom. The van der Waals surface area contributed by atoms with E-state index in [-0.39, 0.29) is 31.0 Å². The van der Waals surface area contributed by atoms with Crippen molar-refractivity contribution < 1.29 is 34.3 Å². The van der Waals surface area contributed by atoms with Gasteiger partial charge in [-0.3, -0.25) is 19.8 Å². The third kappa shape index (κ3) is 4.64. The van der Waals surface area contributed by atoms with Crippen LogP contribution >= 0.6 is 11.8 Å². The van der Waals surface area contributed by atoms with Crippen LogP contribution in [-0.2, 0) is 20.9 Å². The van der Waals surface area contributed by atoms with Gasteiger partial charge >= 0.3 is 12.1 Å². The minimum absolute atomic E-state index is 0.0717. The second-order valence-corrected chi connectivity index (χ2v) is 8.98. The van der Waals surface area contributed by atoms with E-state index < -0.39 is 39.7 Å². The zero-order valence-corrected chi connectivity index (χ0v) is 17.5. The number of carboxylic acids is 1. The molecule has 1 aromatic carbocycles. The fourth-order valence-electron chi connectivity index (χ4n) is 3.37. The average molecular weight is 451 g/mol. The van der Waals surface area contributed by atoms with Gasteiger partial charge in [0, 0.05) is 29.0 Å². The van der Waals surface area contributed by atoms with Gasteiger partial charge in [-0.2, -0.15) is 0 Å². The van der Waals surface area contributed by atoms with Crippen LogP contribution in [0.25, 0.3) is 0 Å². The number of non-ortho nitro benzene ring substituents is 1. The Morgan fingerprint density at radius 2 is 1.97 bits per heavy atom. The molecular weight excluding hydrogens is 430 g/mol. The molecular formula is C19H21N3O8S. The number of benzene rings is 1. The summed E-state index contributed by atoms with van der Waals surface area (Å²) in [5, 5.41) is 31.8. The van der Waals surface area contributed by atoms with Gasteiger partial charge in [0.1, 0.15) is 17.7 Å². The van der Waals surface area contributed by atoms with Gasteiger partial charge < -0.3 is 20.3 Å². The topological polar surface area (TPSA) is 159 Å². The van der Waals surface area contributed by atoms with Gasteiger partial charge in [-0.25, -0.2) is 9.59 Å². The predicted molar refractivity (Wildman–Crippen MR) is 109 cm³/mol. The number of nitrogens with one attached hydrogen (secondary N) is 1. The first-order valence-electron chi connectivity index (χ1n) is 9.29. The van der Waals surface area contributed by atoms with E-state index in [0.717, 1.165) is 0 Å². The van der Waals surface area contributed by atoms with Gasteiger partial charge in [-0.05, 0) is 31.5 Å². The number of hydrogen-bond acceptors (Lipinski definition) is 8. The molecule has 0 aromatic heterocycles. The Labute approximate surface area is 181 Å². The number of fused-ring (bicyclic) bond motifs is 1. The zero-order valence-electron chi connectivity index (χ0n) is 16.7. The number of thioether (sulfide) groups is 1. The fraction of sp³-hybridized carbons (Fsp3) is 0.421. The van der Waals surface area contributed by atoms with Crippen molar-refractivity contribution in [2.24, 2.45) is 5.92 Å². The van der Waals surface area contributed by atoms with Crippen LogP contribution in [0.4, 0.5) is 10.5 Å². The molecule has 31 heavy (non-hydrogen) atoms. The molecule has 0 saturated carbocycles. The monoisotopic (exact) mass is 451 g/mol. The van der Waals surface area contributed by atoms with E-state index in [4.69, 9.17) is 4.74 Å². The third-order valence-corrected chi connectivity index (χ3v) is 6.28. The van der Waals surface area contributed by atoms with Crippen LogP contribution in [0.3, 0.4) is 0 Å². The average Bonchev–Trinajstić information content (AvgIpc) is 3.00. The number of carbonyl (C=O) groups excluding carboxylic acids is 2. The molecule has 0 unspecified atom stereocenters. The van der Waals surface area contributed by atoms with Gasteiger partial charge in [0.2, 0.25) is 5.91 Å². The number of amides is 2. The second kappa shape index (κ2) is 8.55. The van der Waals surface area contributed by atoms with Crippen LogP contribution < -0.4 is 5.32 Å². The number of carbonyl (C=O) groups is 3. The van der Waals surface area contributed by atoms with Gasteiger partial charge in [0.05, 0.1) is 17.4 Å². The highest BCUT2D eigenvalue weighted by molar-refractivity contribution is 8.04. The van der Waals surface area contributed by atoms with Crippen LogP contribution in [0.5, 0.6) is 0 Å². The van der Waals surface area contributed by atoms with Gasteiger partial charge in [-0.15, -0.1) is 11.8 Å². The van der Waals surface area contributed by atoms with E-state index >= 15 is 0 Å². The van der Waals surface area contributed by atoms with Crippen molar-refractivity contribution in [1.82, 2.24) is 10.2 Å². The summed E-state index contributed by atoms with van der Waals surface area (Å²) < 4.78 is 5.15. The van der Waals surface area contributed by atoms with Gasteiger partial charge in [0.25, 0.3) is 5.69 Å². The zero-order chi connectivity index (χ0) is 22.9. The van der Waals surface area contributed by atoms with E-state index in [1.54, 1.807) is 13.8 Å². The molecule has 3 N–H and O–H groups in total. The third-order valence-electron chi connectivity index (χ3n) is 4.88. The fourth-order valence-corrected chi connectivity index (χ4v) is 5.08. The lowest BCUT2D eigenvalue weighted by Crippen LogP contribution is -2.58. The number of β-lactam (4-membered cyclic amide) rings is 1. The van der Waals surface area contributed by atoms with Crippen molar-refractivity contribution in [2.45, 2.75) is 37.8 Å². The van der Waals surface area contributed by atoms with Crippen molar-refractivity contribution in [2.75, 3.05) is 6.61 Å². The molecule has 1 saturated heterocycles. The van der Waals surface area contributed by atoms with Crippen molar-refractivity contribution in [1.29, 1.82) is 0 Å². The van der Waals surface area contributed by atoms with Crippen LogP contribution in [0.2, 0.25) is 0 Å². The molecule has 2 heterocycles. The maximum absolute atomic E-state index is 12.2. The summed E-state index contributed by atoms with van der Waals surface area (Å²) >= 11 is 1.20. The highest BCUT2D eigenvalue weighted by Crippen LogP contribution is 2.51. The Balaban J connectivity index is 1.60. The molecule has 2 amide bonds. The van der Waals surface area contributed by atoms with Crippen molar-refractivity contribution in [3.8, 4) is 0 Å². The van der Waals surface area contributed by atoms with Crippen molar-refractivity contribution in [3.05, 3.63) is 50.5 Å². The molecule has 0 bridgehead atoms. The summed E-state index contributed by atoms with van der Waals surface area (Å²) in [6, 6.07) is 5.58. The van der Waals surface area contributed by atoms with Crippen molar-refractivity contribution >= 4 is 35.4 Å².